The van der Waals surface area contributed by atoms with Crippen molar-refractivity contribution in [3.05, 3.63) is 62.8 Å². The van der Waals surface area contributed by atoms with E-state index in [1.807, 2.05) is 13.0 Å². The van der Waals surface area contributed by atoms with E-state index in [0.29, 0.717) is 11.1 Å². The van der Waals surface area contributed by atoms with Gasteiger partial charge in [0.25, 0.3) is 5.56 Å². The minimum atomic E-state index is -0.490. The van der Waals surface area contributed by atoms with E-state index >= 15 is 0 Å². The summed E-state index contributed by atoms with van der Waals surface area (Å²) in [6.07, 6.45) is 0. The molecule has 2 aromatic rings. The molecule has 1 aromatic carbocycles. The topological polar surface area (TPSA) is 83.2 Å². The van der Waals surface area contributed by atoms with Crippen molar-refractivity contribution in [1.82, 2.24) is 15.6 Å². The molecule has 2 amide bonds. The summed E-state index contributed by atoms with van der Waals surface area (Å²) in [5, 5.41) is 5.36. The molecule has 6 nitrogen and oxygen atoms in total. The van der Waals surface area contributed by atoms with Gasteiger partial charge in [-0.05, 0) is 50.1 Å². The number of rotatable bonds is 5. The first-order valence-electron chi connectivity index (χ1n) is 7.89. The van der Waals surface area contributed by atoms with Gasteiger partial charge in [-0.15, -0.1) is 0 Å². The maximum Gasteiger partial charge on any atom is 0.315 e. The largest absolute Gasteiger partial charge is 0.494 e. The Hall–Kier alpha value is -2.83. The Balaban J connectivity index is 1.98. The molecule has 0 spiro atoms. The first kappa shape index (κ1) is 18.5. The Bertz CT molecular complexity index is 833. The summed E-state index contributed by atoms with van der Waals surface area (Å²) >= 11 is 0. The third kappa shape index (κ3) is 4.59. The van der Waals surface area contributed by atoms with Crippen LogP contribution in [0.5, 0.6) is 5.75 Å². The summed E-state index contributed by atoms with van der Waals surface area (Å²) in [4.78, 5) is 26.7. The lowest BCUT2D eigenvalue weighted by atomic mass is 10.1. The van der Waals surface area contributed by atoms with Crippen LogP contribution in [0.3, 0.4) is 0 Å². The normalized spacial score (nSPS) is 11.7. The first-order valence-corrected chi connectivity index (χ1v) is 7.89. The number of ether oxygens (including phenoxy) is 1. The van der Waals surface area contributed by atoms with Gasteiger partial charge in [0.05, 0.1) is 19.7 Å². The molecule has 25 heavy (non-hydrogen) atoms. The highest BCUT2D eigenvalue weighted by molar-refractivity contribution is 5.74. The number of amides is 2. The molecule has 1 aromatic heterocycles. The van der Waals surface area contributed by atoms with Crippen LogP contribution in [0.25, 0.3) is 0 Å². The Morgan fingerprint density at radius 1 is 1.32 bits per heavy atom. The lowest BCUT2D eigenvalue weighted by molar-refractivity contribution is 0.237. The quantitative estimate of drug-likeness (QED) is 0.778. The van der Waals surface area contributed by atoms with Crippen molar-refractivity contribution in [3.8, 4) is 5.75 Å². The van der Waals surface area contributed by atoms with Gasteiger partial charge in [0.2, 0.25) is 0 Å². The standard InChI is InChI=1S/C18H22FN3O3/c1-10-7-11(2)21-17(23)14(10)9-20-18(24)22-12(3)13-5-6-16(25-4)15(19)8-13/h5-8,12H,9H2,1-4H3,(H,21,23)(H2,20,22,24)/t12-/m1/s1. The molecule has 3 N–H and O–H groups in total. The summed E-state index contributed by atoms with van der Waals surface area (Å²) in [6, 6.07) is 5.51. The van der Waals surface area contributed by atoms with Crippen LogP contribution in [-0.4, -0.2) is 18.1 Å². The van der Waals surface area contributed by atoms with Gasteiger partial charge in [0.1, 0.15) is 0 Å². The van der Waals surface area contributed by atoms with Crippen LogP contribution in [0, 0.1) is 19.7 Å². The molecule has 134 valence electrons. The lowest BCUT2D eigenvalue weighted by Gasteiger charge is -2.16. The molecule has 1 atom stereocenters. The number of carbonyl (C=O) groups excluding carboxylic acids is 1. The second-order valence-corrected chi connectivity index (χ2v) is 5.89. The third-order valence-corrected chi connectivity index (χ3v) is 3.94. The SMILES string of the molecule is COc1ccc([C@@H](C)NC(=O)NCc2c(C)cc(C)[nH]c2=O)cc1F. The van der Waals surface area contributed by atoms with Crippen LogP contribution >= 0.6 is 0 Å². The summed E-state index contributed by atoms with van der Waals surface area (Å²) in [6.45, 7) is 5.47. The number of aromatic nitrogens is 1. The average molecular weight is 347 g/mol. The van der Waals surface area contributed by atoms with Crippen LogP contribution < -0.4 is 20.9 Å². The van der Waals surface area contributed by atoms with Gasteiger partial charge in [0.15, 0.2) is 11.6 Å². The van der Waals surface area contributed by atoms with Crippen molar-refractivity contribution in [3.63, 3.8) is 0 Å². The molecule has 0 saturated carbocycles. The molecule has 0 aliphatic rings. The van der Waals surface area contributed by atoms with Crippen LogP contribution in [0.15, 0.2) is 29.1 Å². The number of benzene rings is 1. The predicted molar refractivity (Wildman–Crippen MR) is 93.3 cm³/mol. The van der Waals surface area contributed by atoms with Crippen LogP contribution in [-0.2, 0) is 6.54 Å². The first-order chi connectivity index (χ1) is 11.8. The zero-order valence-corrected chi connectivity index (χ0v) is 14.7. The Morgan fingerprint density at radius 3 is 2.64 bits per heavy atom. The summed E-state index contributed by atoms with van der Waals surface area (Å²) in [5.41, 5.74) is 2.47. The monoisotopic (exact) mass is 347 g/mol. The number of urea groups is 1. The predicted octanol–water partition coefficient (Wildman–Crippen LogP) is 2.70. The van der Waals surface area contributed by atoms with Crippen molar-refractivity contribution in [2.45, 2.75) is 33.4 Å². The fourth-order valence-electron chi connectivity index (χ4n) is 2.55. The average Bonchev–Trinajstić information content (AvgIpc) is 2.53. The Morgan fingerprint density at radius 2 is 2.04 bits per heavy atom. The molecule has 7 heteroatoms. The molecule has 0 aliphatic heterocycles. The van der Waals surface area contributed by atoms with Gasteiger partial charge in [0, 0.05) is 11.3 Å². The van der Waals surface area contributed by atoms with E-state index in [9.17, 15) is 14.0 Å². The highest BCUT2D eigenvalue weighted by Crippen LogP contribution is 2.21. The molecular formula is C18H22FN3O3. The van der Waals surface area contributed by atoms with Gasteiger partial charge < -0.3 is 20.4 Å². The number of halogens is 1. The van der Waals surface area contributed by atoms with Crippen molar-refractivity contribution in [2.24, 2.45) is 0 Å². The van der Waals surface area contributed by atoms with Gasteiger partial charge in [-0.3, -0.25) is 4.79 Å². The summed E-state index contributed by atoms with van der Waals surface area (Å²) in [7, 11) is 1.39. The van der Waals surface area contributed by atoms with Crippen molar-refractivity contribution >= 4 is 6.03 Å². The molecule has 0 bridgehead atoms. The molecule has 0 saturated heterocycles. The molecule has 1 heterocycles. The number of methoxy groups -OCH3 is 1. The smallest absolute Gasteiger partial charge is 0.315 e. The van der Waals surface area contributed by atoms with Crippen LogP contribution in [0.2, 0.25) is 0 Å². The Labute approximate surface area is 145 Å². The fraction of sp³-hybridized carbons (Fsp3) is 0.333. The number of hydrogen-bond acceptors (Lipinski definition) is 3. The zero-order valence-electron chi connectivity index (χ0n) is 14.7. The highest BCUT2D eigenvalue weighted by Gasteiger charge is 2.13. The Kier molecular flexibility index (Phi) is 5.80. The van der Waals surface area contributed by atoms with Crippen molar-refractivity contribution < 1.29 is 13.9 Å². The molecule has 0 unspecified atom stereocenters. The number of aromatic amines is 1. The van der Waals surface area contributed by atoms with E-state index in [2.05, 4.69) is 15.6 Å². The molecule has 0 radical (unpaired) electrons. The second kappa shape index (κ2) is 7.83. The maximum atomic E-state index is 13.7. The van der Waals surface area contributed by atoms with E-state index in [4.69, 9.17) is 4.74 Å². The molecule has 0 fully saturated rings. The van der Waals surface area contributed by atoms with Gasteiger partial charge in [-0.2, -0.15) is 0 Å². The van der Waals surface area contributed by atoms with Gasteiger partial charge in [-0.1, -0.05) is 6.07 Å². The van der Waals surface area contributed by atoms with Gasteiger partial charge >= 0.3 is 6.03 Å². The number of carbonyl (C=O) groups is 1. The number of hydrogen-bond donors (Lipinski definition) is 3. The van der Waals surface area contributed by atoms with E-state index in [-0.39, 0.29) is 17.9 Å². The highest BCUT2D eigenvalue weighted by atomic mass is 19.1. The number of H-pyrrole nitrogens is 1. The summed E-state index contributed by atoms with van der Waals surface area (Å²) < 4.78 is 18.6. The number of pyridine rings is 1. The zero-order chi connectivity index (χ0) is 18.6. The minimum absolute atomic E-state index is 0.108. The molecule has 0 aliphatic carbocycles. The summed E-state index contributed by atoms with van der Waals surface area (Å²) in [5.74, 6) is -0.342. The lowest BCUT2D eigenvalue weighted by Crippen LogP contribution is -2.38. The fourth-order valence-corrected chi connectivity index (χ4v) is 2.55. The van der Waals surface area contributed by atoms with Crippen molar-refractivity contribution in [1.29, 1.82) is 0 Å². The van der Waals surface area contributed by atoms with Crippen LogP contribution in [0.4, 0.5) is 9.18 Å². The van der Waals surface area contributed by atoms with Gasteiger partial charge in [-0.25, -0.2) is 9.18 Å². The minimum Gasteiger partial charge on any atom is -0.494 e. The van der Waals surface area contributed by atoms with Crippen molar-refractivity contribution in [2.75, 3.05) is 7.11 Å². The molecular weight excluding hydrogens is 325 g/mol. The van der Waals surface area contributed by atoms with E-state index in [0.717, 1.165) is 11.3 Å². The second-order valence-electron chi connectivity index (χ2n) is 5.89. The van der Waals surface area contributed by atoms with E-state index in [1.165, 1.54) is 19.2 Å². The third-order valence-electron chi connectivity index (χ3n) is 3.94. The van der Waals surface area contributed by atoms with Crippen LogP contribution in [0.1, 0.15) is 35.3 Å². The number of nitrogens with one attached hydrogen (secondary N) is 3. The molecule has 2 rings (SSSR count). The van der Waals surface area contributed by atoms with E-state index in [1.54, 1.807) is 19.9 Å². The number of aryl methyl sites for hydroxylation is 2. The van der Waals surface area contributed by atoms with E-state index < -0.39 is 17.9 Å². The maximum absolute atomic E-state index is 13.7.